The number of anilines is 1. The normalized spacial score (nSPS) is 15.9. The molecular formula is C14H15F3N6O. The quantitative estimate of drug-likeness (QED) is 0.836. The van der Waals surface area contributed by atoms with Gasteiger partial charge in [0, 0.05) is 26.7 Å². The van der Waals surface area contributed by atoms with Crippen molar-refractivity contribution in [2.75, 3.05) is 24.5 Å². The molecule has 1 amide bonds. The van der Waals surface area contributed by atoms with Gasteiger partial charge in [0.05, 0.1) is 5.56 Å². The zero-order valence-electron chi connectivity index (χ0n) is 12.9. The topological polar surface area (TPSA) is 67.2 Å². The number of rotatable bonds is 3. The molecule has 0 spiro atoms. The van der Waals surface area contributed by atoms with Crippen LogP contribution in [0.4, 0.5) is 19.1 Å². The van der Waals surface area contributed by atoms with E-state index in [0.29, 0.717) is 24.6 Å². The summed E-state index contributed by atoms with van der Waals surface area (Å²) >= 11 is 0. The zero-order chi connectivity index (χ0) is 17.3. The van der Waals surface area contributed by atoms with Gasteiger partial charge in [0.1, 0.15) is 6.54 Å². The van der Waals surface area contributed by atoms with Gasteiger partial charge < -0.3 is 9.80 Å². The molecule has 7 nitrogen and oxygen atoms in total. The van der Waals surface area contributed by atoms with Crippen molar-refractivity contribution in [3.05, 3.63) is 35.4 Å². The SMILES string of the molecule is Cn1nnnc1N1CCN(Cc2ccc(C(F)(F)F)cc2)C(=O)C1. The zero-order valence-corrected chi connectivity index (χ0v) is 12.9. The molecule has 1 fully saturated rings. The minimum Gasteiger partial charge on any atom is -0.335 e. The third-order valence-corrected chi connectivity index (χ3v) is 3.85. The van der Waals surface area contributed by atoms with Gasteiger partial charge in [-0.05, 0) is 28.1 Å². The first kappa shape index (κ1) is 16.2. The Hall–Kier alpha value is -2.65. The molecule has 1 aliphatic heterocycles. The molecule has 1 aromatic carbocycles. The lowest BCUT2D eigenvalue weighted by Crippen LogP contribution is -2.50. The number of aromatic nitrogens is 4. The Kier molecular flexibility index (Phi) is 4.12. The molecule has 24 heavy (non-hydrogen) atoms. The average molecular weight is 340 g/mol. The maximum Gasteiger partial charge on any atom is 0.416 e. The molecule has 2 heterocycles. The number of hydrogen-bond acceptors (Lipinski definition) is 5. The van der Waals surface area contributed by atoms with E-state index < -0.39 is 11.7 Å². The molecule has 3 rings (SSSR count). The number of piperazine rings is 1. The summed E-state index contributed by atoms with van der Waals surface area (Å²) in [4.78, 5) is 15.7. The molecule has 128 valence electrons. The molecule has 0 saturated carbocycles. The van der Waals surface area contributed by atoms with Gasteiger partial charge in [-0.3, -0.25) is 4.79 Å². The molecule has 0 radical (unpaired) electrons. The first-order valence-electron chi connectivity index (χ1n) is 7.26. The fourth-order valence-corrected chi connectivity index (χ4v) is 2.56. The number of benzene rings is 1. The van der Waals surface area contributed by atoms with Crippen LogP contribution in [0, 0.1) is 0 Å². The molecule has 0 N–H and O–H groups in total. The van der Waals surface area contributed by atoms with Gasteiger partial charge >= 0.3 is 6.18 Å². The van der Waals surface area contributed by atoms with Crippen LogP contribution in [0.1, 0.15) is 11.1 Å². The number of amides is 1. The number of nitrogens with zero attached hydrogens (tertiary/aromatic N) is 6. The van der Waals surface area contributed by atoms with E-state index in [2.05, 4.69) is 15.5 Å². The molecule has 10 heteroatoms. The van der Waals surface area contributed by atoms with E-state index in [9.17, 15) is 18.0 Å². The van der Waals surface area contributed by atoms with Gasteiger partial charge in [-0.25, -0.2) is 4.68 Å². The second kappa shape index (κ2) is 6.10. The van der Waals surface area contributed by atoms with Gasteiger partial charge in [-0.15, -0.1) is 0 Å². The van der Waals surface area contributed by atoms with E-state index in [-0.39, 0.29) is 19.0 Å². The summed E-state index contributed by atoms with van der Waals surface area (Å²) in [5.41, 5.74) is -0.0395. The Labute approximate surface area is 135 Å². The first-order chi connectivity index (χ1) is 11.3. The summed E-state index contributed by atoms with van der Waals surface area (Å²) in [6, 6.07) is 4.85. The molecule has 2 aromatic rings. The van der Waals surface area contributed by atoms with Crippen LogP contribution in [0.25, 0.3) is 0 Å². The number of carbonyl (C=O) groups is 1. The monoisotopic (exact) mass is 340 g/mol. The Morgan fingerprint density at radius 1 is 1.17 bits per heavy atom. The van der Waals surface area contributed by atoms with Crippen LogP contribution >= 0.6 is 0 Å². The highest BCUT2D eigenvalue weighted by Crippen LogP contribution is 2.29. The van der Waals surface area contributed by atoms with Crippen LogP contribution in [0.5, 0.6) is 0 Å². The van der Waals surface area contributed by atoms with Crippen molar-refractivity contribution >= 4 is 11.9 Å². The van der Waals surface area contributed by atoms with E-state index in [1.54, 1.807) is 16.8 Å². The van der Waals surface area contributed by atoms with Crippen molar-refractivity contribution in [2.24, 2.45) is 7.05 Å². The van der Waals surface area contributed by atoms with Gasteiger partial charge in [-0.2, -0.15) is 13.2 Å². The third-order valence-electron chi connectivity index (χ3n) is 3.85. The lowest BCUT2D eigenvalue weighted by Gasteiger charge is -2.34. The van der Waals surface area contributed by atoms with Crippen molar-refractivity contribution in [1.29, 1.82) is 0 Å². The maximum atomic E-state index is 12.6. The first-order valence-corrected chi connectivity index (χ1v) is 7.26. The predicted octanol–water partition coefficient (Wildman–Crippen LogP) is 1.08. The lowest BCUT2D eigenvalue weighted by atomic mass is 10.1. The van der Waals surface area contributed by atoms with E-state index in [1.807, 2.05) is 0 Å². The average Bonchev–Trinajstić information content (AvgIpc) is 2.95. The Balaban J connectivity index is 1.63. The molecule has 1 aliphatic rings. The second-order valence-corrected chi connectivity index (χ2v) is 5.53. The van der Waals surface area contributed by atoms with Crippen LogP contribution in [0.15, 0.2) is 24.3 Å². The van der Waals surface area contributed by atoms with Crippen molar-refractivity contribution in [1.82, 2.24) is 25.1 Å². The summed E-state index contributed by atoms with van der Waals surface area (Å²) in [6.07, 6.45) is -4.36. The predicted molar refractivity (Wildman–Crippen MR) is 77.9 cm³/mol. The van der Waals surface area contributed by atoms with Crippen LogP contribution in [0.2, 0.25) is 0 Å². The second-order valence-electron chi connectivity index (χ2n) is 5.53. The van der Waals surface area contributed by atoms with Gasteiger partial charge in [0.15, 0.2) is 0 Å². The van der Waals surface area contributed by atoms with Crippen molar-refractivity contribution in [3.63, 3.8) is 0 Å². The lowest BCUT2D eigenvalue weighted by molar-refractivity contribution is -0.137. The van der Waals surface area contributed by atoms with Crippen LogP contribution in [-0.4, -0.2) is 50.6 Å². The van der Waals surface area contributed by atoms with Crippen molar-refractivity contribution in [2.45, 2.75) is 12.7 Å². The summed E-state index contributed by atoms with van der Waals surface area (Å²) in [5, 5.41) is 11.1. The smallest absolute Gasteiger partial charge is 0.335 e. The highest BCUT2D eigenvalue weighted by atomic mass is 19.4. The Morgan fingerprint density at radius 2 is 1.88 bits per heavy atom. The Morgan fingerprint density at radius 3 is 2.42 bits per heavy atom. The third kappa shape index (κ3) is 3.31. The van der Waals surface area contributed by atoms with Crippen LogP contribution < -0.4 is 4.90 Å². The summed E-state index contributed by atoms with van der Waals surface area (Å²) in [5.74, 6) is 0.390. The molecule has 0 bridgehead atoms. The molecule has 1 saturated heterocycles. The minimum atomic E-state index is -4.36. The highest BCUT2D eigenvalue weighted by Gasteiger charge is 2.30. The number of carbonyl (C=O) groups excluding carboxylic acids is 1. The fourth-order valence-electron chi connectivity index (χ4n) is 2.56. The van der Waals surface area contributed by atoms with Gasteiger partial charge in [0.25, 0.3) is 0 Å². The number of aryl methyl sites for hydroxylation is 1. The van der Waals surface area contributed by atoms with Crippen LogP contribution in [0.3, 0.4) is 0 Å². The Bertz CT molecular complexity index is 727. The molecule has 0 unspecified atom stereocenters. The van der Waals surface area contributed by atoms with E-state index in [4.69, 9.17) is 0 Å². The van der Waals surface area contributed by atoms with Crippen molar-refractivity contribution < 1.29 is 18.0 Å². The van der Waals surface area contributed by atoms with Crippen LogP contribution in [-0.2, 0) is 24.6 Å². The largest absolute Gasteiger partial charge is 0.416 e. The number of halogens is 3. The minimum absolute atomic E-state index is 0.121. The maximum absolute atomic E-state index is 12.6. The molecular weight excluding hydrogens is 325 g/mol. The van der Waals surface area contributed by atoms with E-state index in [1.165, 1.54) is 16.8 Å². The van der Waals surface area contributed by atoms with Gasteiger partial charge in [-0.1, -0.05) is 17.2 Å². The van der Waals surface area contributed by atoms with Gasteiger partial charge in [0.2, 0.25) is 11.9 Å². The summed E-state index contributed by atoms with van der Waals surface area (Å²) in [6.45, 7) is 1.42. The highest BCUT2D eigenvalue weighted by molar-refractivity contribution is 5.82. The summed E-state index contributed by atoms with van der Waals surface area (Å²) < 4.78 is 39.2. The summed E-state index contributed by atoms with van der Waals surface area (Å²) in [7, 11) is 1.69. The fraction of sp³-hybridized carbons (Fsp3) is 0.429. The van der Waals surface area contributed by atoms with E-state index in [0.717, 1.165) is 12.1 Å². The number of hydrogen-bond donors (Lipinski definition) is 0. The van der Waals surface area contributed by atoms with Crippen molar-refractivity contribution in [3.8, 4) is 0 Å². The standard InChI is InChI=1S/C14H15F3N6O/c1-21-13(18-19-20-21)23-7-6-22(12(24)9-23)8-10-2-4-11(5-3-10)14(15,16)17/h2-5H,6-9H2,1H3. The van der Waals surface area contributed by atoms with E-state index >= 15 is 0 Å². The number of alkyl halides is 3. The molecule has 0 aliphatic carbocycles. The molecule has 0 atom stereocenters. The number of tetrazole rings is 1. The molecule has 1 aromatic heterocycles.